The van der Waals surface area contributed by atoms with E-state index in [1.54, 1.807) is 0 Å². The lowest BCUT2D eigenvalue weighted by Gasteiger charge is -2.04. The molecule has 0 saturated carbocycles. The van der Waals surface area contributed by atoms with Gasteiger partial charge in [-0.25, -0.2) is 4.98 Å². The van der Waals surface area contributed by atoms with Gasteiger partial charge in [0.2, 0.25) is 0 Å². The van der Waals surface area contributed by atoms with E-state index in [2.05, 4.69) is 41.4 Å². The van der Waals surface area contributed by atoms with Crippen LogP contribution in [0.2, 0.25) is 0 Å². The van der Waals surface area contributed by atoms with Crippen LogP contribution in [0.5, 0.6) is 0 Å². The Kier molecular flexibility index (Phi) is 3.29. The van der Waals surface area contributed by atoms with E-state index in [9.17, 15) is 0 Å². The zero-order valence-electron chi connectivity index (χ0n) is 10.7. The Balaban J connectivity index is 1.79. The maximum atomic E-state index is 5.55. The molecule has 3 aromatic rings. The summed E-state index contributed by atoms with van der Waals surface area (Å²) < 4.78 is 5.32. The number of nitrogens with zero attached hydrogens (tertiary/aromatic N) is 1. The lowest BCUT2D eigenvalue weighted by Crippen LogP contribution is -2.02. The molecule has 3 heteroatoms. The van der Waals surface area contributed by atoms with E-state index in [1.807, 2.05) is 6.07 Å². The lowest BCUT2D eigenvalue weighted by atomic mass is 10.0. The van der Waals surface area contributed by atoms with Crippen molar-refractivity contribution in [2.45, 2.75) is 12.8 Å². The Morgan fingerprint density at radius 1 is 0.947 bits per heavy atom. The van der Waals surface area contributed by atoms with E-state index in [4.69, 9.17) is 10.2 Å². The quantitative estimate of drug-likeness (QED) is 0.776. The van der Waals surface area contributed by atoms with Gasteiger partial charge in [0.15, 0.2) is 12.0 Å². The zero-order chi connectivity index (χ0) is 13.1. The first-order valence-corrected chi connectivity index (χ1v) is 6.45. The van der Waals surface area contributed by atoms with Crippen LogP contribution in [0, 0.1) is 0 Å². The Labute approximate surface area is 112 Å². The average molecular weight is 252 g/mol. The van der Waals surface area contributed by atoms with Crippen molar-refractivity contribution in [1.29, 1.82) is 0 Å². The molecule has 1 aromatic heterocycles. The largest absolute Gasteiger partial charge is 0.443 e. The van der Waals surface area contributed by atoms with E-state index in [0.29, 0.717) is 6.54 Å². The molecule has 3 nitrogen and oxygen atoms in total. The van der Waals surface area contributed by atoms with Crippen LogP contribution in [0.15, 0.2) is 53.3 Å². The number of nitrogens with two attached hydrogens (primary N) is 1. The molecule has 0 saturated heterocycles. The fourth-order valence-corrected chi connectivity index (χ4v) is 2.24. The van der Waals surface area contributed by atoms with Crippen LogP contribution in [0.4, 0.5) is 0 Å². The normalized spacial score (nSPS) is 11.0. The first-order valence-electron chi connectivity index (χ1n) is 6.45. The average Bonchev–Trinajstić information content (AvgIpc) is 2.89. The highest BCUT2D eigenvalue weighted by Gasteiger charge is 2.02. The number of rotatable bonds is 4. The Hall–Kier alpha value is -2.13. The maximum absolute atomic E-state index is 5.55. The number of benzene rings is 2. The number of aromatic nitrogens is 1. The molecule has 0 aliphatic carbocycles. The van der Waals surface area contributed by atoms with Crippen molar-refractivity contribution in [2.24, 2.45) is 5.73 Å². The minimum atomic E-state index is 0.696. The summed E-state index contributed by atoms with van der Waals surface area (Å²) in [6.45, 7) is 0.696. The zero-order valence-corrected chi connectivity index (χ0v) is 10.7. The van der Waals surface area contributed by atoms with Crippen molar-refractivity contribution >= 4 is 11.1 Å². The second-order valence-corrected chi connectivity index (χ2v) is 4.69. The van der Waals surface area contributed by atoms with E-state index in [0.717, 1.165) is 23.9 Å². The molecule has 96 valence electrons. The van der Waals surface area contributed by atoms with Gasteiger partial charge >= 0.3 is 0 Å². The minimum Gasteiger partial charge on any atom is -0.443 e. The summed E-state index contributed by atoms with van der Waals surface area (Å²) in [5, 5.41) is 0. The van der Waals surface area contributed by atoms with Gasteiger partial charge in [-0.1, -0.05) is 30.3 Å². The van der Waals surface area contributed by atoms with Crippen LogP contribution in [0.1, 0.15) is 16.7 Å². The molecule has 3 rings (SSSR count). The smallest absolute Gasteiger partial charge is 0.181 e. The summed E-state index contributed by atoms with van der Waals surface area (Å²) in [7, 11) is 0. The molecule has 0 bridgehead atoms. The highest BCUT2D eigenvalue weighted by molar-refractivity contribution is 5.72. The van der Waals surface area contributed by atoms with Gasteiger partial charge in [-0.05, 0) is 48.2 Å². The SMILES string of the molecule is NCCc1ccc(Cc2ccc3ncoc3c2)cc1. The van der Waals surface area contributed by atoms with Gasteiger partial charge in [-0.3, -0.25) is 0 Å². The van der Waals surface area contributed by atoms with Gasteiger partial charge in [-0.2, -0.15) is 0 Å². The Morgan fingerprint density at radius 2 is 1.68 bits per heavy atom. The molecule has 0 spiro atoms. The molecular weight excluding hydrogens is 236 g/mol. The van der Waals surface area contributed by atoms with Crippen LogP contribution in [-0.2, 0) is 12.8 Å². The van der Waals surface area contributed by atoms with Gasteiger partial charge < -0.3 is 10.2 Å². The molecule has 0 atom stereocenters. The summed E-state index contributed by atoms with van der Waals surface area (Å²) in [6, 6.07) is 14.8. The molecule has 0 aliphatic heterocycles. The van der Waals surface area contributed by atoms with Gasteiger partial charge in [0.05, 0.1) is 0 Å². The monoisotopic (exact) mass is 252 g/mol. The summed E-state index contributed by atoms with van der Waals surface area (Å²) in [6.07, 6.45) is 3.32. The number of hydrogen-bond acceptors (Lipinski definition) is 3. The molecule has 2 aromatic carbocycles. The van der Waals surface area contributed by atoms with Gasteiger partial charge in [-0.15, -0.1) is 0 Å². The van der Waals surface area contributed by atoms with Crippen LogP contribution < -0.4 is 5.73 Å². The molecule has 0 aliphatic rings. The molecule has 2 N–H and O–H groups in total. The molecule has 19 heavy (non-hydrogen) atoms. The number of fused-ring (bicyclic) bond motifs is 1. The third-order valence-corrected chi connectivity index (χ3v) is 3.26. The highest BCUT2D eigenvalue weighted by Crippen LogP contribution is 2.17. The number of hydrogen-bond donors (Lipinski definition) is 1. The standard InChI is InChI=1S/C16H16N2O/c17-8-7-12-1-3-13(4-2-12)9-14-5-6-15-16(10-14)19-11-18-15/h1-6,10-11H,7-9,17H2. The summed E-state index contributed by atoms with van der Waals surface area (Å²) in [5.41, 5.74) is 11.1. The second-order valence-electron chi connectivity index (χ2n) is 4.69. The fraction of sp³-hybridized carbons (Fsp3) is 0.188. The van der Waals surface area contributed by atoms with Crippen molar-refractivity contribution in [3.05, 3.63) is 65.5 Å². The van der Waals surface area contributed by atoms with Crippen molar-refractivity contribution in [2.75, 3.05) is 6.54 Å². The number of oxazole rings is 1. The topological polar surface area (TPSA) is 52.0 Å². The summed E-state index contributed by atoms with van der Waals surface area (Å²) >= 11 is 0. The lowest BCUT2D eigenvalue weighted by molar-refractivity contribution is 0.602. The van der Waals surface area contributed by atoms with Crippen molar-refractivity contribution < 1.29 is 4.42 Å². The highest BCUT2D eigenvalue weighted by atomic mass is 16.3. The third-order valence-electron chi connectivity index (χ3n) is 3.26. The molecule has 0 fully saturated rings. The Bertz CT molecular complexity index is 671. The van der Waals surface area contributed by atoms with E-state index >= 15 is 0 Å². The Morgan fingerprint density at radius 3 is 2.47 bits per heavy atom. The van der Waals surface area contributed by atoms with E-state index in [1.165, 1.54) is 23.1 Å². The van der Waals surface area contributed by atoms with Crippen LogP contribution >= 0.6 is 0 Å². The van der Waals surface area contributed by atoms with Crippen molar-refractivity contribution in [3.63, 3.8) is 0 Å². The van der Waals surface area contributed by atoms with Crippen molar-refractivity contribution in [1.82, 2.24) is 4.98 Å². The fourth-order valence-electron chi connectivity index (χ4n) is 2.24. The summed E-state index contributed by atoms with van der Waals surface area (Å²) in [5.74, 6) is 0. The van der Waals surface area contributed by atoms with Gasteiger partial charge in [0.25, 0.3) is 0 Å². The van der Waals surface area contributed by atoms with Crippen LogP contribution in [0.3, 0.4) is 0 Å². The first kappa shape index (κ1) is 11.9. The second kappa shape index (κ2) is 5.24. The predicted molar refractivity (Wildman–Crippen MR) is 76.0 cm³/mol. The molecular formula is C16H16N2O. The van der Waals surface area contributed by atoms with E-state index in [-0.39, 0.29) is 0 Å². The third kappa shape index (κ3) is 2.66. The van der Waals surface area contributed by atoms with Crippen molar-refractivity contribution in [3.8, 4) is 0 Å². The van der Waals surface area contributed by atoms with Crippen LogP contribution in [-0.4, -0.2) is 11.5 Å². The first-order chi connectivity index (χ1) is 9.35. The predicted octanol–water partition coefficient (Wildman–Crippen LogP) is 2.92. The minimum absolute atomic E-state index is 0.696. The molecule has 0 radical (unpaired) electrons. The van der Waals surface area contributed by atoms with Crippen LogP contribution in [0.25, 0.3) is 11.1 Å². The molecule has 1 heterocycles. The maximum Gasteiger partial charge on any atom is 0.181 e. The van der Waals surface area contributed by atoms with Gasteiger partial charge in [0.1, 0.15) is 5.52 Å². The van der Waals surface area contributed by atoms with E-state index < -0.39 is 0 Å². The molecule has 0 amide bonds. The summed E-state index contributed by atoms with van der Waals surface area (Å²) in [4.78, 5) is 4.12. The molecule has 0 unspecified atom stereocenters. The van der Waals surface area contributed by atoms with Gasteiger partial charge in [0, 0.05) is 0 Å².